The molecule has 90 valence electrons. The van der Waals surface area contributed by atoms with Gasteiger partial charge in [-0.1, -0.05) is 36.3 Å². The Morgan fingerprint density at radius 1 is 1.11 bits per heavy atom. The zero-order chi connectivity index (χ0) is 13.0. The first-order valence-corrected chi connectivity index (χ1v) is 5.30. The molecule has 2 rings (SSSR count). The van der Waals surface area contributed by atoms with E-state index in [0.29, 0.717) is 5.69 Å². The predicted molar refractivity (Wildman–Crippen MR) is 69.1 cm³/mol. The van der Waals surface area contributed by atoms with Crippen molar-refractivity contribution in [2.45, 2.75) is 6.10 Å². The smallest absolute Gasteiger partial charge is 0.223 e. The van der Waals surface area contributed by atoms with Gasteiger partial charge in [0.25, 0.3) is 0 Å². The Morgan fingerprint density at radius 3 is 2.50 bits per heavy atom. The summed E-state index contributed by atoms with van der Waals surface area (Å²) in [5.74, 6) is 5.70. The molecule has 1 heterocycles. The van der Waals surface area contributed by atoms with Gasteiger partial charge >= 0.3 is 0 Å². The van der Waals surface area contributed by atoms with Crippen molar-refractivity contribution in [2.24, 2.45) is 0 Å². The van der Waals surface area contributed by atoms with E-state index in [-0.39, 0.29) is 11.8 Å². The lowest BCUT2D eigenvalue weighted by Crippen LogP contribution is -2.01. The van der Waals surface area contributed by atoms with E-state index in [0.717, 1.165) is 5.56 Å². The van der Waals surface area contributed by atoms with Gasteiger partial charge in [0.05, 0.1) is 0 Å². The highest BCUT2D eigenvalue weighted by atomic mass is 16.3. The molecular weight excluding hydrogens is 228 g/mol. The van der Waals surface area contributed by atoms with Crippen LogP contribution in [0.2, 0.25) is 0 Å². The molecule has 1 atom stereocenters. The molecule has 0 fully saturated rings. The van der Waals surface area contributed by atoms with Gasteiger partial charge < -0.3 is 16.6 Å². The summed E-state index contributed by atoms with van der Waals surface area (Å²) < 4.78 is 0. The zero-order valence-corrected chi connectivity index (χ0v) is 9.54. The van der Waals surface area contributed by atoms with Crippen LogP contribution in [0.15, 0.2) is 36.4 Å². The first-order chi connectivity index (χ1) is 8.65. The number of nitrogens with zero attached hydrogens (tertiary/aromatic N) is 2. The Bertz CT molecular complexity index is 581. The van der Waals surface area contributed by atoms with Gasteiger partial charge in [0, 0.05) is 6.07 Å². The van der Waals surface area contributed by atoms with Crippen molar-refractivity contribution in [3.8, 4) is 11.8 Å². The third-order valence-electron chi connectivity index (χ3n) is 2.22. The summed E-state index contributed by atoms with van der Waals surface area (Å²) in [6.07, 6.45) is -0.872. The number of anilines is 2. The monoisotopic (exact) mass is 240 g/mol. The minimum Gasteiger partial charge on any atom is -0.383 e. The van der Waals surface area contributed by atoms with Crippen molar-refractivity contribution in [3.05, 3.63) is 47.7 Å². The largest absolute Gasteiger partial charge is 0.383 e. The average Bonchev–Trinajstić information content (AvgIpc) is 2.36. The summed E-state index contributed by atoms with van der Waals surface area (Å²) in [5.41, 5.74) is 12.1. The quantitative estimate of drug-likeness (QED) is 0.638. The molecule has 0 bridgehead atoms. The highest BCUT2D eigenvalue weighted by Gasteiger charge is 2.02. The number of aliphatic hydroxyl groups is 1. The Morgan fingerprint density at radius 2 is 1.83 bits per heavy atom. The van der Waals surface area contributed by atoms with E-state index in [4.69, 9.17) is 11.5 Å². The van der Waals surface area contributed by atoms with Crippen LogP contribution in [0.4, 0.5) is 11.8 Å². The fraction of sp³-hybridized carbons (Fsp3) is 0.0769. The molecule has 0 saturated heterocycles. The highest BCUT2D eigenvalue weighted by Crippen LogP contribution is 2.11. The second-order valence-corrected chi connectivity index (χ2v) is 3.62. The summed E-state index contributed by atoms with van der Waals surface area (Å²) in [7, 11) is 0. The first kappa shape index (κ1) is 11.9. The van der Waals surface area contributed by atoms with E-state index < -0.39 is 6.10 Å². The van der Waals surface area contributed by atoms with Crippen molar-refractivity contribution < 1.29 is 5.11 Å². The molecule has 1 unspecified atom stereocenters. The van der Waals surface area contributed by atoms with E-state index in [9.17, 15) is 5.11 Å². The number of benzene rings is 1. The Labute approximate surface area is 104 Å². The minimum atomic E-state index is -0.872. The SMILES string of the molecule is Nc1cc(C#CC(O)c2ccccc2)nc(N)n1. The molecule has 0 amide bonds. The number of aromatic nitrogens is 2. The van der Waals surface area contributed by atoms with Gasteiger partial charge in [0.2, 0.25) is 5.95 Å². The van der Waals surface area contributed by atoms with Gasteiger partial charge in [-0.05, 0) is 11.5 Å². The number of hydrogen-bond donors (Lipinski definition) is 3. The summed E-state index contributed by atoms with van der Waals surface area (Å²) in [4.78, 5) is 7.64. The van der Waals surface area contributed by atoms with E-state index in [1.807, 2.05) is 18.2 Å². The molecule has 2 aromatic rings. The Hall–Kier alpha value is -2.58. The maximum atomic E-state index is 9.84. The van der Waals surface area contributed by atoms with Crippen LogP contribution >= 0.6 is 0 Å². The van der Waals surface area contributed by atoms with Crippen LogP contribution in [0.1, 0.15) is 17.4 Å². The summed E-state index contributed by atoms with van der Waals surface area (Å²) >= 11 is 0. The van der Waals surface area contributed by atoms with Crippen molar-refractivity contribution >= 4 is 11.8 Å². The van der Waals surface area contributed by atoms with Crippen LogP contribution in [0.3, 0.4) is 0 Å². The third-order valence-corrected chi connectivity index (χ3v) is 2.22. The van der Waals surface area contributed by atoms with Gasteiger partial charge in [-0.15, -0.1) is 0 Å². The maximum absolute atomic E-state index is 9.84. The van der Waals surface area contributed by atoms with Crippen molar-refractivity contribution in [3.63, 3.8) is 0 Å². The molecule has 5 nitrogen and oxygen atoms in total. The summed E-state index contributed by atoms with van der Waals surface area (Å²) in [6.45, 7) is 0. The highest BCUT2D eigenvalue weighted by molar-refractivity contribution is 5.43. The summed E-state index contributed by atoms with van der Waals surface area (Å²) in [5, 5.41) is 9.84. The second kappa shape index (κ2) is 5.17. The fourth-order valence-corrected chi connectivity index (χ4v) is 1.41. The molecule has 0 radical (unpaired) electrons. The fourth-order valence-electron chi connectivity index (χ4n) is 1.41. The van der Waals surface area contributed by atoms with E-state index in [2.05, 4.69) is 21.8 Å². The van der Waals surface area contributed by atoms with Crippen molar-refractivity contribution in [1.29, 1.82) is 0 Å². The van der Waals surface area contributed by atoms with Crippen molar-refractivity contribution in [1.82, 2.24) is 9.97 Å². The summed E-state index contributed by atoms with van der Waals surface area (Å²) in [6, 6.07) is 10.6. The molecule has 0 saturated carbocycles. The van der Waals surface area contributed by atoms with Gasteiger partial charge in [0.15, 0.2) is 0 Å². The van der Waals surface area contributed by atoms with Crippen LogP contribution in [0.5, 0.6) is 0 Å². The second-order valence-electron chi connectivity index (χ2n) is 3.62. The standard InChI is InChI=1S/C13H12N4O/c14-12-8-10(16-13(15)17-12)6-7-11(18)9-4-2-1-3-5-9/h1-5,8,11,18H,(H4,14,15,16,17). The molecule has 0 aliphatic rings. The average molecular weight is 240 g/mol. The predicted octanol–water partition coefficient (Wildman–Crippen LogP) is 0.726. The molecule has 0 aliphatic heterocycles. The van der Waals surface area contributed by atoms with Crippen LogP contribution in [0, 0.1) is 11.8 Å². The number of nitrogen functional groups attached to an aromatic ring is 2. The zero-order valence-electron chi connectivity index (χ0n) is 9.54. The molecular formula is C13H12N4O. The van der Waals surface area contributed by atoms with Crippen LogP contribution in [-0.2, 0) is 0 Å². The van der Waals surface area contributed by atoms with E-state index in [1.165, 1.54) is 6.07 Å². The van der Waals surface area contributed by atoms with Gasteiger partial charge in [-0.25, -0.2) is 4.98 Å². The third kappa shape index (κ3) is 2.97. The molecule has 18 heavy (non-hydrogen) atoms. The van der Waals surface area contributed by atoms with Crippen LogP contribution < -0.4 is 11.5 Å². The Balaban J connectivity index is 2.22. The molecule has 5 N–H and O–H groups in total. The van der Waals surface area contributed by atoms with Gasteiger partial charge in [-0.2, -0.15) is 4.98 Å². The van der Waals surface area contributed by atoms with Gasteiger partial charge in [-0.3, -0.25) is 0 Å². The molecule has 5 heteroatoms. The first-order valence-electron chi connectivity index (χ1n) is 5.30. The molecule has 1 aromatic carbocycles. The normalized spacial score (nSPS) is 11.4. The number of nitrogens with two attached hydrogens (primary N) is 2. The number of aliphatic hydroxyl groups excluding tert-OH is 1. The van der Waals surface area contributed by atoms with Crippen molar-refractivity contribution in [2.75, 3.05) is 11.5 Å². The molecule has 0 spiro atoms. The Kier molecular flexibility index (Phi) is 3.41. The maximum Gasteiger partial charge on any atom is 0.223 e. The van der Waals surface area contributed by atoms with Crippen LogP contribution in [0.25, 0.3) is 0 Å². The van der Waals surface area contributed by atoms with E-state index >= 15 is 0 Å². The van der Waals surface area contributed by atoms with E-state index in [1.54, 1.807) is 12.1 Å². The topological polar surface area (TPSA) is 98.0 Å². The number of rotatable bonds is 1. The lowest BCUT2D eigenvalue weighted by Gasteiger charge is -2.02. The lowest BCUT2D eigenvalue weighted by atomic mass is 10.1. The molecule has 1 aromatic heterocycles. The molecule has 0 aliphatic carbocycles. The lowest BCUT2D eigenvalue weighted by molar-refractivity contribution is 0.238. The number of hydrogen-bond acceptors (Lipinski definition) is 5. The van der Waals surface area contributed by atoms with Crippen LogP contribution in [-0.4, -0.2) is 15.1 Å². The minimum absolute atomic E-state index is 0.0634. The van der Waals surface area contributed by atoms with Gasteiger partial charge in [0.1, 0.15) is 17.6 Å².